The number of nitrogens with one attached hydrogen (secondary N) is 6. The van der Waals surface area contributed by atoms with E-state index in [0.717, 1.165) is 42.4 Å². The minimum atomic E-state index is -1.42. The van der Waals surface area contributed by atoms with Crippen LogP contribution in [-0.2, 0) is 47.1 Å². The summed E-state index contributed by atoms with van der Waals surface area (Å²) in [6.07, 6.45) is -0.164. The van der Waals surface area contributed by atoms with Crippen LogP contribution in [0.15, 0.2) is 78.9 Å². The molecule has 0 radical (unpaired) electrons. The number of amides is 5. The number of rotatable bonds is 19. The molecule has 4 aliphatic rings. The first-order valence-electron chi connectivity index (χ1n) is 26.6. The number of aliphatic hydroxyl groups excluding tert-OH is 1. The summed E-state index contributed by atoms with van der Waals surface area (Å²) in [6, 6.07) is 17.4. The Morgan fingerprint density at radius 1 is 0.922 bits per heavy atom. The van der Waals surface area contributed by atoms with Crippen molar-refractivity contribution in [2.75, 3.05) is 81.6 Å². The Morgan fingerprint density at radius 2 is 1.65 bits per heavy atom. The van der Waals surface area contributed by atoms with E-state index in [4.69, 9.17) is 4.74 Å². The molecule has 4 aliphatic heterocycles. The Kier molecular flexibility index (Phi) is 18.2. The van der Waals surface area contributed by atoms with Gasteiger partial charge in [0.2, 0.25) is 23.6 Å². The molecule has 9 atom stereocenters. The smallest absolute Gasteiger partial charge is 0.252 e. The van der Waals surface area contributed by atoms with Crippen molar-refractivity contribution in [2.45, 2.75) is 109 Å². The van der Waals surface area contributed by atoms with Gasteiger partial charge in [0, 0.05) is 74.8 Å². The molecule has 8 rings (SSSR count). The van der Waals surface area contributed by atoms with Gasteiger partial charge >= 0.3 is 0 Å². The SMILES string of the molecule is CC[C@H](C)[C@H](NC(O)[C@H](C)NC)C(=O)N1Cc2ccc(NC(=O)CNC(=O)[C@]3(C)CN(C(=O)CN4C[C@@H](C)NC[C@@H]4CN4CCOC[C@H]4C)c4cc(Cc5ccc(F)cc5)ccc43)cc2[C@H]1C(=O)Nc1c(F)cccc1F. The highest BCUT2D eigenvalue weighted by atomic mass is 19.1. The lowest BCUT2D eigenvalue weighted by Gasteiger charge is -2.43. The van der Waals surface area contributed by atoms with Crippen molar-refractivity contribution >= 4 is 46.6 Å². The summed E-state index contributed by atoms with van der Waals surface area (Å²) in [6.45, 7) is 15.2. The van der Waals surface area contributed by atoms with Crippen LogP contribution in [0, 0.1) is 23.4 Å². The van der Waals surface area contributed by atoms with Gasteiger partial charge in [0.05, 0.1) is 37.8 Å². The van der Waals surface area contributed by atoms with Crippen LogP contribution >= 0.6 is 0 Å². The van der Waals surface area contributed by atoms with Crippen LogP contribution in [0.25, 0.3) is 0 Å². The van der Waals surface area contributed by atoms with Crippen LogP contribution in [0.4, 0.5) is 30.2 Å². The highest BCUT2D eigenvalue weighted by Crippen LogP contribution is 2.43. The molecular formula is C57H73F3N10O7. The van der Waals surface area contributed by atoms with Gasteiger partial charge in [0.25, 0.3) is 5.91 Å². The van der Waals surface area contributed by atoms with E-state index in [2.05, 4.69) is 55.5 Å². The van der Waals surface area contributed by atoms with E-state index in [-0.39, 0.29) is 66.7 Å². The number of carbonyl (C=O) groups excluding carboxylic acids is 5. The number of halogens is 3. The molecule has 0 bridgehead atoms. The van der Waals surface area contributed by atoms with E-state index in [0.29, 0.717) is 56.0 Å². The molecule has 1 unspecified atom stereocenters. The molecule has 4 heterocycles. The number of aliphatic hydroxyl groups is 1. The van der Waals surface area contributed by atoms with Gasteiger partial charge < -0.3 is 46.2 Å². The second-order valence-corrected chi connectivity index (χ2v) is 21.4. The maximum Gasteiger partial charge on any atom is 0.252 e. The molecule has 20 heteroatoms. The van der Waals surface area contributed by atoms with Gasteiger partial charge in [-0.3, -0.25) is 39.1 Å². The van der Waals surface area contributed by atoms with Crippen molar-refractivity contribution in [1.29, 1.82) is 0 Å². The third-order valence-corrected chi connectivity index (χ3v) is 15.8. The molecule has 5 amide bonds. The summed E-state index contributed by atoms with van der Waals surface area (Å²) in [7, 11) is 1.67. The summed E-state index contributed by atoms with van der Waals surface area (Å²) in [4.78, 5) is 79.6. The maximum absolute atomic E-state index is 15.0. The lowest BCUT2D eigenvalue weighted by Crippen LogP contribution is -2.62. The Morgan fingerprint density at radius 3 is 2.35 bits per heavy atom. The van der Waals surface area contributed by atoms with Gasteiger partial charge in [-0.15, -0.1) is 0 Å². The summed E-state index contributed by atoms with van der Waals surface area (Å²) >= 11 is 0. The number of carbonyl (C=O) groups is 5. The second kappa shape index (κ2) is 24.6. The van der Waals surface area contributed by atoms with Crippen molar-refractivity contribution < 1.29 is 47.0 Å². The molecule has 2 fully saturated rings. The van der Waals surface area contributed by atoms with Gasteiger partial charge in [-0.25, -0.2) is 13.2 Å². The molecule has 4 aromatic rings. The normalized spacial score (nSPS) is 23.1. The summed E-state index contributed by atoms with van der Waals surface area (Å²) < 4.78 is 49.5. The van der Waals surface area contributed by atoms with Crippen molar-refractivity contribution in [1.82, 2.24) is 36.0 Å². The molecule has 77 heavy (non-hydrogen) atoms. The molecule has 17 nitrogen and oxygen atoms in total. The Balaban J connectivity index is 1.01. The number of hydrogen-bond donors (Lipinski definition) is 7. The predicted molar refractivity (Wildman–Crippen MR) is 287 cm³/mol. The second-order valence-electron chi connectivity index (χ2n) is 21.4. The average Bonchev–Trinajstić information content (AvgIpc) is 4.08. The van der Waals surface area contributed by atoms with Crippen LogP contribution in [0.2, 0.25) is 0 Å². The van der Waals surface area contributed by atoms with Crippen LogP contribution in [-0.4, -0.2) is 152 Å². The number of ether oxygens (including phenoxy) is 1. The lowest BCUT2D eigenvalue weighted by atomic mass is 9.83. The zero-order valence-electron chi connectivity index (χ0n) is 44.9. The van der Waals surface area contributed by atoms with Crippen LogP contribution in [0.5, 0.6) is 0 Å². The van der Waals surface area contributed by atoms with Crippen molar-refractivity contribution in [3.05, 3.63) is 124 Å². The predicted octanol–water partition coefficient (Wildman–Crippen LogP) is 4.39. The molecular weight excluding hydrogens is 994 g/mol. The molecule has 2 saturated heterocycles. The summed E-state index contributed by atoms with van der Waals surface area (Å²) in [5.41, 5.74) is 1.97. The monoisotopic (exact) mass is 1070 g/mol. The number of nitrogens with zero attached hydrogens (tertiary/aromatic N) is 4. The quantitative estimate of drug-likeness (QED) is 0.0656. The van der Waals surface area contributed by atoms with Crippen molar-refractivity contribution in [3.63, 3.8) is 0 Å². The third-order valence-electron chi connectivity index (χ3n) is 15.8. The Hall–Kier alpha value is -6.26. The summed E-state index contributed by atoms with van der Waals surface area (Å²) in [5.74, 6) is -5.44. The van der Waals surface area contributed by atoms with E-state index in [1.54, 1.807) is 50.1 Å². The maximum atomic E-state index is 15.0. The van der Waals surface area contributed by atoms with Crippen LogP contribution in [0.3, 0.4) is 0 Å². The highest BCUT2D eigenvalue weighted by Gasteiger charge is 2.48. The first-order chi connectivity index (χ1) is 36.8. The van der Waals surface area contributed by atoms with Crippen LogP contribution < -0.4 is 36.8 Å². The van der Waals surface area contributed by atoms with E-state index >= 15 is 0 Å². The largest absolute Gasteiger partial charge is 0.379 e. The number of hydrogen-bond acceptors (Lipinski definition) is 12. The Bertz CT molecular complexity index is 2790. The number of anilines is 3. The molecule has 414 valence electrons. The molecule has 0 spiro atoms. The van der Waals surface area contributed by atoms with Gasteiger partial charge in [-0.05, 0) is 117 Å². The molecule has 0 aromatic heterocycles. The van der Waals surface area contributed by atoms with Crippen LogP contribution in [0.1, 0.15) is 81.8 Å². The molecule has 4 aromatic carbocycles. The molecule has 0 saturated carbocycles. The minimum Gasteiger partial charge on any atom is -0.379 e. The highest BCUT2D eigenvalue weighted by molar-refractivity contribution is 6.04. The van der Waals surface area contributed by atoms with E-state index in [1.807, 2.05) is 32.0 Å². The van der Waals surface area contributed by atoms with Gasteiger partial charge in [0.15, 0.2) is 0 Å². The fourth-order valence-electron chi connectivity index (χ4n) is 10.8. The Labute approximate surface area is 448 Å². The minimum absolute atomic E-state index is 0.00257. The lowest BCUT2D eigenvalue weighted by molar-refractivity contribution is -0.142. The fourth-order valence-corrected chi connectivity index (χ4v) is 10.8. The van der Waals surface area contributed by atoms with Crippen molar-refractivity contribution in [3.8, 4) is 0 Å². The van der Waals surface area contributed by atoms with E-state index in [1.165, 1.54) is 23.1 Å². The number of likely N-dealkylation sites (N-methyl/N-ethyl adjacent to an activating group) is 1. The summed E-state index contributed by atoms with van der Waals surface area (Å²) in [5, 5.41) is 28.4. The average molecular weight is 1070 g/mol. The number of fused-ring (bicyclic) bond motifs is 2. The first-order valence-corrected chi connectivity index (χ1v) is 26.6. The van der Waals surface area contributed by atoms with Gasteiger partial charge in [0.1, 0.15) is 35.4 Å². The van der Waals surface area contributed by atoms with Gasteiger partial charge in [-0.1, -0.05) is 56.7 Å². The third kappa shape index (κ3) is 12.9. The fraction of sp³-hybridized carbons (Fsp3) is 0.491. The number of piperazine rings is 1. The first kappa shape index (κ1) is 56.9. The number of benzene rings is 4. The van der Waals surface area contributed by atoms with Gasteiger partial charge in [-0.2, -0.15) is 0 Å². The number of para-hydroxylation sites is 1. The van der Waals surface area contributed by atoms with E-state index in [9.17, 15) is 42.3 Å². The van der Waals surface area contributed by atoms with Crippen molar-refractivity contribution in [2.24, 2.45) is 5.92 Å². The standard InChI is InChI=1S/C57H73F3N10O7/c1-8-33(2)50(65-53(73)36(5)61-7)55(75)69-28-39-15-18-41(24-43(39)52(69)54(74)66-51-45(59)10-9-11-46(51)60)64-48(71)26-63-56(76)57(6)32-70(47-23-38(14-19-44(47)57)22-37-12-16-40(58)17-13-37)49(72)30-68-27-34(3)62-25-42(68)29-67-20-21-77-31-35(67)4/h9-19,23-24,33-36,42,50,52-53,61-62,65,73H,8,20-22,25-32H2,1-7H3,(H,63,76)(H,64,71)(H,66,74)/t33-,34+,35+,36-,42+,50-,52-,53?,57+/m0/s1. The topological polar surface area (TPSA) is 200 Å². The zero-order chi connectivity index (χ0) is 55.3. The molecule has 0 aliphatic carbocycles. The zero-order valence-corrected chi connectivity index (χ0v) is 44.9. The molecule has 7 N–H and O–H groups in total. The number of morpholine rings is 1. The van der Waals surface area contributed by atoms with E-state index < -0.39 is 77.3 Å².